The molecule has 1 N–H and O–H groups in total. The van der Waals surface area contributed by atoms with Crippen molar-refractivity contribution < 1.29 is 14.4 Å². The lowest BCUT2D eigenvalue weighted by molar-refractivity contribution is -0.142. The van der Waals surface area contributed by atoms with Crippen LogP contribution in [0.25, 0.3) is 11.4 Å². The van der Waals surface area contributed by atoms with Gasteiger partial charge in [0.25, 0.3) is 0 Å². The highest BCUT2D eigenvalue weighted by Gasteiger charge is 2.49. The Balaban J connectivity index is 1.48. The van der Waals surface area contributed by atoms with Crippen molar-refractivity contribution in [1.29, 1.82) is 0 Å². The number of carboxylic acids is 1. The second-order valence-corrected chi connectivity index (χ2v) is 7.44. The van der Waals surface area contributed by atoms with Crippen LogP contribution in [0.1, 0.15) is 50.5 Å². The molecule has 6 heteroatoms. The number of nitrogens with zero attached hydrogens (tertiary/aromatic N) is 3. The van der Waals surface area contributed by atoms with Crippen LogP contribution in [0.15, 0.2) is 28.8 Å². The number of aliphatic carboxylic acids is 1. The molecule has 3 unspecified atom stereocenters. The van der Waals surface area contributed by atoms with Crippen molar-refractivity contribution >= 4 is 5.97 Å². The molecule has 6 nitrogen and oxygen atoms in total. The van der Waals surface area contributed by atoms with Gasteiger partial charge in [0.2, 0.25) is 11.7 Å². The van der Waals surface area contributed by atoms with E-state index in [-0.39, 0.29) is 12.0 Å². The Morgan fingerprint density at radius 2 is 2.08 bits per heavy atom. The van der Waals surface area contributed by atoms with E-state index in [0.717, 1.165) is 24.8 Å². The standard InChI is InChI=1S/C19H23N3O3/c1-11(2)12-3-5-13(6-4-12)18-20-17(25-21-18)10-22-14-7-8-16(22)15(9-14)19(23)24/h3-6,11,14-16H,7-10H2,1-2H3,(H,23,24). The molecule has 0 spiro atoms. The Bertz CT molecular complexity index is 768. The second-order valence-electron chi connectivity index (χ2n) is 7.44. The summed E-state index contributed by atoms with van der Waals surface area (Å²) in [5.41, 5.74) is 2.22. The first-order valence-electron chi connectivity index (χ1n) is 8.94. The molecule has 2 saturated heterocycles. The van der Waals surface area contributed by atoms with Gasteiger partial charge in [-0.05, 0) is 30.7 Å². The average molecular weight is 341 g/mol. The Labute approximate surface area is 146 Å². The third-order valence-corrected chi connectivity index (χ3v) is 5.62. The van der Waals surface area contributed by atoms with Gasteiger partial charge >= 0.3 is 5.97 Å². The van der Waals surface area contributed by atoms with Crippen molar-refractivity contribution in [2.45, 2.75) is 57.7 Å². The molecule has 3 atom stereocenters. The van der Waals surface area contributed by atoms with Crippen LogP contribution in [0.4, 0.5) is 0 Å². The molecule has 4 rings (SSSR count). The molecule has 3 heterocycles. The number of hydrogen-bond acceptors (Lipinski definition) is 5. The molecule has 25 heavy (non-hydrogen) atoms. The minimum absolute atomic E-state index is 0.100. The van der Waals surface area contributed by atoms with Crippen LogP contribution in [0.3, 0.4) is 0 Å². The zero-order chi connectivity index (χ0) is 17.6. The topological polar surface area (TPSA) is 79.5 Å². The van der Waals surface area contributed by atoms with Crippen molar-refractivity contribution in [2.24, 2.45) is 5.92 Å². The first-order valence-corrected chi connectivity index (χ1v) is 8.94. The minimum Gasteiger partial charge on any atom is -0.481 e. The highest BCUT2D eigenvalue weighted by atomic mass is 16.5. The van der Waals surface area contributed by atoms with E-state index in [9.17, 15) is 9.90 Å². The minimum atomic E-state index is -0.686. The highest BCUT2D eigenvalue weighted by Crippen LogP contribution is 2.42. The molecule has 2 bridgehead atoms. The Morgan fingerprint density at radius 3 is 2.72 bits per heavy atom. The molecule has 0 radical (unpaired) electrons. The Hall–Kier alpha value is -2.21. The van der Waals surface area contributed by atoms with Crippen LogP contribution in [0, 0.1) is 5.92 Å². The third kappa shape index (κ3) is 2.95. The van der Waals surface area contributed by atoms with Crippen LogP contribution >= 0.6 is 0 Å². The quantitative estimate of drug-likeness (QED) is 0.899. The summed E-state index contributed by atoms with van der Waals surface area (Å²) in [7, 11) is 0. The van der Waals surface area contributed by atoms with E-state index in [1.165, 1.54) is 5.56 Å². The molecule has 2 aliphatic rings. The zero-order valence-electron chi connectivity index (χ0n) is 14.6. The predicted molar refractivity (Wildman–Crippen MR) is 91.9 cm³/mol. The van der Waals surface area contributed by atoms with Gasteiger partial charge < -0.3 is 9.63 Å². The summed E-state index contributed by atoms with van der Waals surface area (Å²) >= 11 is 0. The van der Waals surface area contributed by atoms with Crippen LogP contribution in [0.2, 0.25) is 0 Å². The molecule has 2 fully saturated rings. The SMILES string of the molecule is CC(C)c1ccc(-c2noc(CN3C4CCC3C(C(=O)O)C4)n2)cc1. The predicted octanol–water partition coefficient (Wildman–Crippen LogP) is 3.30. The van der Waals surface area contributed by atoms with E-state index in [2.05, 4.69) is 41.0 Å². The van der Waals surface area contributed by atoms with Crippen molar-refractivity contribution in [3.8, 4) is 11.4 Å². The fourth-order valence-electron chi connectivity index (χ4n) is 4.22. The molecule has 132 valence electrons. The summed E-state index contributed by atoms with van der Waals surface area (Å²) in [4.78, 5) is 18.1. The maximum atomic E-state index is 11.4. The summed E-state index contributed by atoms with van der Waals surface area (Å²) in [6, 6.07) is 8.64. The first kappa shape index (κ1) is 16.3. The van der Waals surface area contributed by atoms with Gasteiger partial charge in [0.1, 0.15) is 0 Å². The van der Waals surface area contributed by atoms with Crippen LogP contribution in [-0.2, 0) is 11.3 Å². The molecule has 1 aromatic heterocycles. The number of hydrogen-bond donors (Lipinski definition) is 1. The van der Waals surface area contributed by atoms with E-state index in [0.29, 0.717) is 30.2 Å². The van der Waals surface area contributed by atoms with Gasteiger partial charge in [0, 0.05) is 17.6 Å². The van der Waals surface area contributed by atoms with Gasteiger partial charge in [-0.25, -0.2) is 0 Å². The van der Waals surface area contributed by atoms with Crippen LogP contribution in [0.5, 0.6) is 0 Å². The smallest absolute Gasteiger partial charge is 0.308 e. The molecule has 0 amide bonds. The van der Waals surface area contributed by atoms with Crippen molar-refractivity contribution in [3.63, 3.8) is 0 Å². The summed E-state index contributed by atoms with van der Waals surface area (Å²) < 4.78 is 5.43. The number of fused-ring (bicyclic) bond motifs is 2. The lowest BCUT2D eigenvalue weighted by Gasteiger charge is -2.20. The molecular weight excluding hydrogens is 318 g/mol. The zero-order valence-corrected chi connectivity index (χ0v) is 14.6. The molecule has 2 aliphatic heterocycles. The summed E-state index contributed by atoms with van der Waals surface area (Å²) in [5.74, 6) is 0.693. The van der Waals surface area contributed by atoms with Gasteiger partial charge in [-0.3, -0.25) is 9.69 Å². The average Bonchev–Trinajstić information content (AvgIpc) is 3.31. The number of benzene rings is 1. The van der Waals surface area contributed by atoms with Gasteiger partial charge in [-0.1, -0.05) is 43.3 Å². The van der Waals surface area contributed by atoms with E-state index in [1.54, 1.807) is 0 Å². The van der Waals surface area contributed by atoms with Gasteiger partial charge in [0.15, 0.2) is 0 Å². The lowest BCUT2D eigenvalue weighted by Crippen LogP contribution is -2.32. The third-order valence-electron chi connectivity index (χ3n) is 5.62. The maximum absolute atomic E-state index is 11.4. The fraction of sp³-hybridized carbons (Fsp3) is 0.526. The normalized spacial score (nSPS) is 25.8. The first-order chi connectivity index (χ1) is 12.0. The van der Waals surface area contributed by atoms with E-state index < -0.39 is 5.97 Å². The number of aromatic nitrogens is 2. The fourth-order valence-corrected chi connectivity index (χ4v) is 4.22. The summed E-state index contributed by atoms with van der Waals surface area (Å²) in [6.45, 7) is 4.86. The summed E-state index contributed by atoms with van der Waals surface area (Å²) in [5, 5.41) is 13.5. The number of rotatable bonds is 5. The Kier molecular flexibility index (Phi) is 4.07. The molecule has 2 aromatic rings. The van der Waals surface area contributed by atoms with Crippen LogP contribution in [-0.4, -0.2) is 38.2 Å². The lowest BCUT2D eigenvalue weighted by atomic mass is 9.89. The molecule has 0 aliphatic carbocycles. The van der Waals surface area contributed by atoms with E-state index in [4.69, 9.17) is 4.52 Å². The number of carboxylic acid groups (broad SMARTS) is 1. The monoisotopic (exact) mass is 341 g/mol. The van der Waals surface area contributed by atoms with Gasteiger partial charge in [-0.2, -0.15) is 4.98 Å². The maximum Gasteiger partial charge on any atom is 0.308 e. The second kappa shape index (κ2) is 6.26. The van der Waals surface area contributed by atoms with Crippen molar-refractivity contribution in [3.05, 3.63) is 35.7 Å². The number of carbonyl (C=O) groups is 1. The van der Waals surface area contributed by atoms with Crippen molar-refractivity contribution in [1.82, 2.24) is 15.0 Å². The molecule has 0 saturated carbocycles. The van der Waals surface area contributed by atoms with E-state index in [1.807, 2.05) is 12.1 Å². The van der Waals surface area contributed by atoms with Crippen molar-refractivity contribution in [2.75, 3.05) is 0 Å². The Morgan fingerprint density at radius 1 is 1.32 bits per heavy atom. The largest absolute Gasteiger partial charge is 0.481 e. The summed E-state index contributed by atoms with van der Waals surface area (Å²) in [6.07, 6.45) is 2.74. The highest BCUT2D eigenvalue weighted by molar-refractivity contribution is 5.71. The molecular formula is C19H23N3O3. The van der Waals surface area contributed by atoms with Crippen LogP contribution < -0.4 is 0 Å². The molecule has 1 aromatic carbocycles. The van der Waals surface area contributed by atoms with Gasteiger partial charge in [-0.15, -0.1) is 0 Å². The van der Waals surface area contributed by atoms with Gasteiger partial charge in [0.05, 0.1) is 12.5 Å². The van der Waals surface area contributed by atoms with E-state index >= 15 is 0 Å².